The minimum atomic E-state index is -0.347. The lowest BCUT2D eigenvalue weighted by atomic mass is 10.0. The van der Waals surface area contributed by atoms with Gasteiger partial charge in [-0.25, -0.2) is 0 Å². The summed E-state index contributed by atoms with van der Waals surface area (Å²) in [6.07, 6.45) is 4.35. The molecule has 0 unspecified atom stereocenters. The molecule has 0 N–H and O–H groups in total. The SMILES string of the molecule is Cc1cc(C)c(C=CCCCl)c([N+](=O)[O-])c1. The standard InChI is InChI=1S/C12H14ClNO2/c1-9-7-10(2)11(5-3-4-6-13)12(8-9)14(15)16/h3,5,7-8H,4,6H2,1-2H3. The minimum absolute atomic E-state index is 0.156. The fourth-order valence-electron chi connectivity index (χ4n) is 1.59. The van der Waals surface area contributed by atoms with Crippen LogP contribution in [0.2, 0.25) is 0 Å². The van der Waals surface area contributed by atoms with Crippen LogP contribution >= 0.6 is 11.6 Å². The van der Waals surface area contributed by atoms with E-state index < -0.39 is 0 Å². The molecule has 0 aliphatic rings. The van der Waals surface area contributed by atoms with Crippen molar-refractivity contribution in [3.8, 4) is 0 Å². The molecule has 1 rings (SSSR count). The first kappa shape index (κ1) is 12.7. The molecular formula is C12H14ClNO2. The van der Waals surface area contributed by atoms with E-state index in [0.29, 0.717) is 17.9 Å². The van der Waals surface area contributed by atoms with Gasteiger partial charge < -0.3 is 0 Å². The van der Waals surface area contributed by atoms with Crippen molar-refractivity contribution in [3.05, 3.63) is 45.0 Å². The van der Waals surface area contributed by atoms with Gasteiger partial charge in [0.05, 0.1) is 10.5 Å². The largest absolute Gasteiger partial charge is 0.277 e. The van der Waals surface area contributed by atoms with Gasteiger partial charge in [-0.1, -0.05) is 18.2 Å². The second kappa shape index (κ2) is 5.66. The Bertz CT molecular complexity index is 427. The highest BCUT2D eigenvalue weighted by Crippen LogP contribution is 2.25. The van der Waals surface area contributed by atoms with E-state index in [1.54, 1.807) is 12.1 Å². The normalized spacial score (nSPS) is 10.9. The molecule has 0 aromatic heterocycles. The van der Waals surface area contributed by atoms with Crippen LogP contribution in [0.3, 0.4) is 0 Å². The van der Waals surface area contributed by atoms with Gasteiger partial charge in [-0.05, 0) is 31.4 Å². The van der Waals surface area contributed by atoms with Gasteiger partial charge in [-0.15, -0.1) is 11.6 Å². The highest BCUT2D eigenvalue weighted by Gasteiger charge is 2.14. The Hall–Kier alpha value is -1.35. The number of aryl methyl sites for hydroxylation is 2. The molecule has 3 nitrogen and oxygen atoms in total. The zero-order chi connectivity index (χ0) is 12.1. The number of nitro groups is 1. The third-order valence-electron chi connectivity index (χ3n) is 2.27. The van der Waals surface area contributed by atoms with Gasteiger partial charge in [-0.3, -0.25) is 10.1 Å². The summed E-state index contributed by atoms with van der Waals surface area (Å²) in [5.41, 5.74) is 2.64. The minimum Gasteiger partial charge on any atom is -0.258 e. The maximum Gasteiger partial charge on any atom is 0.277 e. The lowest BCUT2D eigenvalue weighted by Gasteiger charge is -2.04. The molecular weight excluding hydrogens is 226 g/mol. The summed E-state index contributed by atoms with van der Waals surface area (Å²) < 4.78 is 0. The number of benzene rings is 1. The molecule has 0 spiro atoms. The van der Waals surface area contributed by atoms with E-state index in [1.165, 1.54) is 0 Å². The maximum absolute atomic E-state index is 10.9. The molecule has 0 saturated carbocycles. The first-order valence-electron chi connectivity index (χ1n) is 5.04. The zero-order valence-corrected chi connectivity index (χ0v) is 10.1. The summed E-state index contributed by atoms with van der Waals surface area (Å²) in [7, 11) is 0. The first-order valence-corrected chi connectivity index (χ1v) is 5.58. The van der Waals surface area contributed by atoms with Gasteiger partial charge in [0.15, 0.2) is 0 Å². The van der Waals surface area contributed by atoms with Gasteiger partial charge in [0.2, 0.25) is 0 Å². The van der Waals surface area contributed by atoms with Crippen LogP contribution in [-0.2, 0) is 0 Å². The van der Waals surface area contributed by atoms with Gasteiger partial charge in [-0.2, -0.15) is 0 Å². The summed E-state index contributed by atoms with van der Waals surface area (Å²) in [6.45, 7) is 3.73. The van der Waals surface area contributed by atoms with Crippen molar-refractivity contribution in [2.24, 2.45) is 0 Å². The van der Waals surface area contributed by atoms with Crippen LogP contribution in [0.4, 0.5) is 5.69 Å². The van der Waals surface area contributed by atoms with Crippen LogP contribution in [0.5, 0.6) is 0 Å². The van der Waals surface area contributed by atoms with Crippen LogP contribution in [0, 0.1) is 24.0 Å². The number of alkyl halides is 1. The van der Waals surface area contributed by atoms with Gasteiger partial charge in [0.1, 0.15) is 0 Å². The number of nitro benzene ring substituents is 1. The molecule has 0 aliphatic carbocycles. The number of rotatable bonds is 4. The summed E-state index contributed by atoms with van der Waals surface area (Å²) >= 11 is 5.55. The quantitative estimate of drug-likeness (QED) is 0.455. The van der Waals surface area contributed by atoms with Crippen molar-refractivity contribution < 1.29 is 4.92 Å². The van der Waals surface area contributed by atoms with Crippen molar-refractivity contribution in [3.63, 3.8) is 0 Å². The molecule has 16 heavy (non-hydrogen) atoms. The zero-order valence-electron chi connectivity index (χ0n) is 9.37. The van der Waals surface area contributed by atoms with E-state index in [0.717, 1.165) is 11.1 Å². The van der Waals surface area contributed by atoms with E-state index in [2.05, 4.69) is 0 Å². The summed E-state index contributed by atoms with van der Waals surface area (Å²) in [4.78, 5) is 10.6. The van der Waals surface area contributed by atoms with Gasteiger partial charge >= 0.3 is 0 Å². The Labute approximate surface area is 99.9 Å². The van der Waals surface area contributed by atoms with E-state index in [-0.39, 0.29) is 10.6 Å². The predicted molar refractivity (Wildman–Crippen MR) is 66.9 cm³/mol. The van der Waals surface area contributed by atoms with Crippen LogP contribution in [0.15, 0.2) is 18.2 Å². The third-order valence-corrected chi connectivity index (χ3v) is 2.48. The number of nitrogens with zero attached hydrogens (tertiary/aromatic N) is 1. The Morgan fingerprint density at radius 3 is 2.69 bits per heavy atom. The molecule has 0 heterocycles. The molecule has 0 aliphatic heterocycles. The second-order valence-corrected chi connectivity index (χ2v) is 4.03. The molecule has 4 heteroatoms. The molecule has 1 aromatic rings. The van der Waals surface area contributed by atoms with E-state index in [1.807, 2.05) is 26.0 Å². The number of halogens is 1. The Kier molecular flexibility index (Phi) is 4.50. The summed E-state index contributed by atoms with van der Waals surface area (Å²) in [5, 5.41) is 10.9. The monoisotopic (exact) mass is 239 g/mol. The Balaban J connectivity index is 3.19. The van der Waals surface area contributed by atoms with Crippen LogP contribution < -0.4 is 0 Å². The fraction of sp³-hybridized carbons (Fsp3) is 0.333. The first-order chi connectivity index (χ1) is 7.56. The smallest absolute Gasteiger partial charge is 0.258 e. The van der Waals surface area contributed by atoms with Crippen molar-refractivity contribution in [1.82, 2.24) is 0 Å². The number of hydrogen-bond donors (Lipinski definition) is 0. The molecule has 86 valence electrons. The third kappa shape index (κ3) is 3.07. The van der Waals surface area contributed by atoms with Crippen molar-refractivity contribution >= 4 is 23.4 Å². The molecule has 1 aromatic carbocycles. The van der Waals surface area contributed by atoms with Crippen LogP contribution in [-0.4, -0.2) is 10.8 Å². The average Bonchev–Trinajstić information content (AvgIpc) is 2.20. The summed E-state index contributed by atoms with van der Waals surface area (Å²) in [5.74, 6) is 0.523. The molecule has 0 amide bonds. The molecule has 0 fully saturated rings. The number of hydrogen-bond acceptors (Lipinski definition) is 2. The Morgan fingerprint density at radius 1 is 1.44 bits per heavy atom. The van der Waals surface area contributed by atoms with Crippen molar-refractivity contribution in [2.75, 3.05) is 5.88 Å². The number of allylic oxidation sites excluding steroid dienone is 1. The topological polar surface area (TPSA) is 43.1 Å². The molecule has 0 saturated heterocycles. The second-order valence-electron chi connectivity index (χ2n) is 3.65. The van der Waals surface area contributed by atoms with E-state index in [4.69, 9.17) is 11.6 Å². The van der Waals surface area contributed by atoms with Crippen LogP contribution in [0.1, 0.15) is 23.1 Å². The van der Waals surface area contributed by atoms with Crippen LogP contribution in [0.25, 0.3) is 6.08 Å². The Morgan fingerprint density at radius 2 is 2.12 bits per heavy atom. The average molecular weight is 240 g/mol. The molecule has 0 radical (unpaired) electrons. The fourth-order valence-corrected chi connectivity index (χ4v) is 1.71. The highest BCUT2D eigenvalue weighted by atomic mass is 35.5. The lowest BCUT2D eigenvalue weighted by Crippen LogP contribution is -1.95. The lowest BCUT2D eigenvalue weighted by molar-refractivity contribution is -0.385. The van der Waals surface area contributed by atoms with Crippen molar-refractivity contribution in [2.45, 2.75) is 20.3 Å². The van der Waals surface area contributed by atoms with Gasteiger partial charge in [0.25, 0.3) is 5.69 Å². The van der Waals surface area contributed by atoms with Gasteiger partial charge in [0, 0.05) is 11.9 Å². The molecule has 0 bridgehead atoms. The van der Waals surface area contributed by atoms with E-state index >= 15 is 0 Å². The predicted octanol–water partition coefficient (Wildman–Crippen LogP) is 3.85. The van der Waals surface area contributed by atoms with Crippen molar-refractivity contribution in [1.29, 1.82) is 0 Å². The van der Waals surface area contributed by atoms with E-state index in [9.17, 15) is 10.1 Å². The summed E-state index contributed by atoms with van der Waals surface area (Å²) in [6, 6.07) is 3.53. The highest BCUT2D eigenvalue weighted by molar-refractivity contribution is 6.17. The maximum atomic E-state index is 10.9. The molecule has 0 atom stereocenters.